The van der Waals surface area contributed by atoms with Crippen molar-refractivity contribution in [3.63, 3.8) is 0 Å². The van der Waals surface area contributed by atoms with Crippen molar-refractivity contribution in [2.75, 3.05) is 12.0 Å². The van der Waals surface area contributed by atoms with Gasteiger partial charge in [-0.1, -0.05) is 29.0 Å². The summed E-state index contributed by atoms with van der Waals surface area (Å²) in [6, 6.07) is 9.17. The number of aromatic hydroxyl groups is 1. The Labute approximate surface area is 180 Å². The van der Waals surface area contributed by atoms with E-state index in [9.17, 15) is 14.7 Å². The Kier molecular flexibility index (Phi) is 4.30. The molecule has 1 N–H and O–H groups in total. The Morgan fingerprint density at radius 1 is 1.13 bits per heavy atom. The number of benzene rings is 2. The van der Waals surface area contributed by atoms with Crippen LogP contribution in [0.1, 0.15) is 38.3 Å². The number of amides is 1. The van der Waals surface area contributed by atoms with E-state index in [1.54, 1.807) is 31.2 Å². The lowest BCUT2D eigenvalue weighted by molar-refractivity contribution is 0.0970. The first-order chi connectivity index (χ1) is 14.9. The summed E-state index contributed by atoms with van der Waals surface area (Å²) < 4.78 is 11.2. The number of hydrogen-bond acceptors (Lipinski definition) is 8. The monoisotopic (exact) mass is 435 g/mol. The predicted molar refractivity (Wildman–Crippen MR) is 115 cm³/mol. The van der Waals surface area contributed by atoms with E-state index in [4.69, 9.17) is 9.15 Å². The Balaban J connectivity index is 1.83. The van der Waals surface area contributed by atoms with E-state index >= 15 is 0 Å². The predicted octanol–water partition coefficient (Wildman–Crippen LogP) is 3.73. The summed E-state index contributed by atoms with van der Waals surface area (Å²) in [5, 5.41) is 19.6. The number of rotatable bonds is 3. The third-order valence-corrected chi connectivity index (χ3v) is 6.10. The molecule has 0 spiro atoms. The minimum Gasteiger partial charge on any atom is -0.504 e. The molecule has 8 nitrogen and oxygen atoms in total. The van der Waals surface area contributed by atoms with Crippen LogP contribution in [0, 0.1) is 13.8 Å². The van der Waals surface area contributed by atoms with Crippen molar-refractivity contribution in [3.8, 4) is 11.5 Å². The van der Waals surface area contributed by atoms with E-state index in [1.807, 2.05) is 13.0 Å². The van der Waals surface area contributed by atoms with Crippen LogP contribution < -0.4 is 15.1 Å². The normalized spacial score (nSPS) is 15.5. The SMILES string of the molecule is COc1cc(C2c3c(oc4ccc(C)cc4c3=O)C(=O)N2c2nnc(C)s2)ccc1O. The topological polar surface area (TPSA) is 106 Å². The van der Waals surface area contributed by atoms with Crippen LogP contribution in [0.15, 0.2) is 45.6 Å². The lowest BCUT2D eigenvalue weighted by Crippen LogP contribution is -2.29. The summed E-state index contributed by atoms with van der Waals surface area (Å²) in [5.41, 5.74) is 1.77. The number of aryl methyl sites for hydroxylation is 2. The minimum absolute atomic E-state index is 0.0220. The molecule has 0 aliphatic carbocycles. The van der Waals surface area contributed by atoms with Crippen molar-refractivity contribution in [1.29, 1.82) is 0 Å². The van der Waals surface area contributed by atoms with Crippen molar-refractivity contribution in [2.45, 2.75) is 19.9 Å². The summed E-state index contributed by atoms with van der Waals surface area (Å²) in [7, 11) is 1.43. The van der Waals surface area contributed by atoms with E-state index in [2.05, 4.69) is 10.2 Å². The fourth-order valence-corrected chi connectivity index (χ4v) is 4.56. The molecular formula is C22H17N3O5S. The highest BCUT2D eigenvalue weighted by molar-refractivity contribution is 7.15. The highest BCUT2D eigenvalue weighted by atomic mass is 32.1. The van der Waals surface area contributed by atoms with Gasteiger partial charge < -0.3 is 14.3 Å². The summed E-state index contributed by atoms with van der Waals surface area (Å²) in [6.07, 6.45) is 0. The largest absolute Gasteiger partial charge is 0.504 e. The first-order valence-corrected chi connectivity index (χ1v) is 10.3. The van der Waals surface area contributed by atoms with Crippen molar-refractivity contribution < 1.29 is 19.1 Å². The lowest BCUT2D eigenvalue weighted by atomic mass is 9.98. The number of fused-ring (bicyclic) bond motifs is 2. The number of hydrogen-bond donors (Lipinski definition) is 1. The second-order valence-electron chi connectivity index (χ2n) is 7.29. The van der Waals surface area contributed by atoms with Gasteiger partial charge in [-0.2, -0.15) is 0 Å². The van der Waals surface area contributed by atoms with Gasteiger partial charge in [0.1, 0.15) is 10.6 Å². The molecule has 3 heterocycles. The molecule has 156 valence electrons. The van der Waals surface area contributed by atoms with Crippen LogP contribution in [0.3, 0.4) is 0 Å². The average molecular weight is 435 g/mol. The molecule has 4 aromatic rings. The first kappa shape index (κ1) is 19.3. The molecule has 5 rings (SSSR count). The molecule has 0 fully saturated rings. The number of ether oxygens (including phenoxy) is 1. The number of phenols is 1. The first-order valence-electron chi connectivity index (χ1n) is 9.47. The van der Waals surface area contributed by atoms with Crippen LogP contribution in [-0.2, 0) is 0 Å². The second kappa shape index (κ2) is 6.92. The van der Waals surface area contributed by atoms with Gasteiger partial charge in [0.15, 0.2) is 16.9 Å². The zero-order chi connectivity index (χ0) is 21.9. The molecule has 1 amide bonds. The number of aromatic nitrogens is 2. The Bertz CT molecular complexity index is 1420. The van der Waals surface area contributed by atoms with Crippen molar-refractivity contribution in [1.82, 2.24) is 10.2 Å². The molecule has 0 saturated carbocycles. The number of carbonyl (C=O) groups is 1. The molecule has 1 atom stereocenters. The van der Waals surface area contributed by atoms with E-state index in [1.165, 1.54) is 29.4 Å². The van der Waals surface area contributed by atoms with E-state index in [0.717, 1.165) is 5.56 Å². The smallest absolute Gasteiger partial charge is 0.297 e. The summed E-state index contributed by atoms with van der Waals surface area (Å²) in [5.74, 6) is -0.308. The molecule has 2 aromatic carbocycles. The van der Waals surface area contributed by atoms with Gasteiger partial charge >= 0.3 is 0 Å². The Hall–Kier alpha value is -3.72. The van der Waals surface area contributed by atoms with Crippen LogP contribution in [-0.4, -0.2) is 28.3 Å². The molecule has 1 aliphatic rings. The maximum Gasteiger partial charge on any atom is 0.297 e. The van der Waals surface area contributed by atoms with Gasteiger partial charge in [0, 0.05) is 0 Å². The van der Waals surface area contributed by atoms with E-state index < -0.39 is 11.9 Å². The highest BCUT2D eigenvalue weighted by Crippen LogP contribution is 2.43. The summed E-state index contributed by atoms with van der Waals surface area (Å²) in [4.78, 5) is 28.4. The van der Waals surface area contributed by atoms with E-state index in [0.29, 0.717) is 26.7 Å². The number of nitrogens with zero attached hydrogens (tertiary/aromatic N) is 3. The number of anilines is 1. The average Bonchev–Trinajstić information content (AvgIpc) is 3.30. The fraction of sp³-hybridized carbons (Fsp3) is 0.182. The fourth-order valence-electron chi connectivity index (χ4n) is 3.85. The van der Waals surface area contributed by atoms with Gasteiger partial charge in [-0.3, -0.25) is 14.5 Å². The molecule has 31 heavy (non-hydrogen) atoms. The summed E-state index contributed by atoms with van der Waals surface area (Å²) >= 11 is 1.24. The maximum atomic E-state index is 13.6. The van der Waals surface area contributed by atoms with Crippen LogP contribution in [0.2, 0.25) is 0 Å². The zero-order valence-electron chi connectivity index (χ0n) is 16.9. The molecule has 2 aromatic heterocycles. The summed E-state index contributed by atoms with van der Waals surface area (Å²) in [6.45, 7) is 3.67. The van der Waals surface area contributed by atoms with Crippen LogP contribution in [0.25, 0.3) is 11.0 Å². The maximum absolute atomic E-state index is 13.6. The van der Waals surface area contributed by atoms with Crippen LogP contribution in [0.5, 0.6) is 11.5 Å². The third-order valence-electron chi connectivity index (χ3n) is 5.27. The van der Waals surface area contributed by atoms with Gasteiger partial charge in [-0.05, 0) is 43.7 Å². The minimum atomic E-state index is -0.800. The number of phenolic OH excluding ortho intramolecular Hbond substituents is 1. The molecule has 9 heteroatoms. The molecule has 0 radical (unpaired) electrons. The van der Waals surface area contributed by atoms with Gasteiger partial charge in [0.05, 0.1) is 24.1 Å². The number of carbonyl (C=O) groups excluding carboxylic acids is 1. The molecular weight excluding hydrogens is 418 g/mol. The molecule has 0 bridgehead atoms. The standard InChI is InChI=1S/C22H17N3O5S/c1-10-4-7-15-13(8-10)19(27)17-18(12-5-6-14(26)16(9-12)29-3)25(21(28)20(17)30-15)22-24-23-11(2)31-22/h4-9,18,26H,1-3H3. The quantitative estimate of drug-likeness (QED) is 0.523. The van der Waals surface area contributed by atoms with Crippen molar-refractivity contribution >= 4 is 33.3 Å². The van der Waals surface area contributed by atoms with Crippen molar-refractivity contribution in [3.05, 3.63) is 74.1 Å². The Morgan fingerprint density at radius 3 is 2.65 bits per heavy atom. The van der Waals surface area contributed by atoms with Gasteiger partial charge in [-0.25, -0.2) is 0 Å². The van der Waals surface area contributed by atoms with Gasteiger partial charge in [0.25, 0.3) is 5.91 Å². The van der Waals surface area contributed by atoms with Crippen molar-refractivity contribution in [2.24, 2.45) is 0 Å². The van der Waals surface area contributed by atoms with Gasteiger partial charge in [0.2, 0.25) is 10.9 Å². The molecule has 0 saturated heterocycles. The third kappa shape index (κ3) is 2.89. The molecule has 1 unspecified atom stereocenters. The zero-order valence-corrected chi connectivity index (χ0v) is 17.7. The van der Waals surface area contributed by atoms with Crippen LogP contribution in [0.4, 0.5) is 5.13 Å². The van der Waals surface area contributed by atoms with Gasteiger partial charge in [-0.15, -0.1) is 10.2 Å². The highest BCUT2D eigenvalue weighted by Gasteiger charge is 2.45. The number of methoxy groups -OCH3 is 1. The molecule has 1 aliphatic heterocycles. The lowest BCUT2D eigenvalue weighted by Gasteiger charge is -2.22. The van der Waals surface area contributed by atoms with E-state index in [-0.39, 0.29) is 28.3 Å². The Morgan fingerprint density at radius 2 is 1.94 bits per heavy atom. The second-order valence-corrected chi connectivity index (χ2v) is 8.45. The van der Waals surface area contributed by atoms with Crippen LogP contribution >= 0.6 is 11.3 Å².